The molecule has 0 aliphatic carbocycles. The van der Waals surface area contributed by atoms with E-state index < -0.39 is 0 Å². The molecule has 0 saturated carbocycles. The van der Waals surface area contributed by atoms with Crippen LogP contribution in [-0.2, 0) is 6.54 Å². The number of nitrogens with two attached hydrogens (primary N) is 1. The van der Waals surface area contributed by atoms with Crippen LogP contribution in [-0.4, -0.2) is 28.7 Å². The first-order chi connectivity index (χ1) is 7.99. The van der Waals surface area contributed by atoms with Crippen LogP contribution < -0.4 is 5.73 Å². The zero-order valence-electron chi connectivity index (χ0n) is 11.1. The van der Waals surface area contributed by atoms with E-state index in [1.165, 1.54) is 5.56 Å². The van der Waals surface area contributed by atoms with Crippen LogP contribution in [0.15, 0.2) is 24.3 Å². The molecule has 0 saturated heterocycles. The quantitative estimate of drug-likeness (QED) is 0.745. The summed E-state index contributed by atoms with van der Waals surface area (Å²) in [6, 6.07) is 8.47. The molecule has 1 aromatic rings. The van der Waals surface area contributed by atoms with E-state index in [1.807, 2.05) is 19.1 Å². The summed E-state index contributed by atoms with van der Waals surface area (Å²) in [6.45, 7) is 8.02. The molecule has 1 unspecified atom stereocenters. The summed E-state index contributed by atoms with van der Waals surface area (Å²) in [5, 5.41) is 9.34. The molecule has 1 aromatic carbocycles. The summed E-state index contributed by atoms with van der Waals surface area (Å²) in [5.41, 5.74) is 7.73. The lowest BCUT2D eigenvalue weighted by molar-refractivity contribution is 0.138. The van der Waals surface area contributed by atoms with Crippen molar-refractivity contribution < 1.29 is 5.11 Å². The molecule has 0 radical (unpaired) electrons. The zero-order chi connectivity index (χ0) is 12.8. The minimum absolute atomic E-state index is 0.234. The second-order valence-corrected chi connectivity index (χ2v) is 4.94. The minimum atomic E-state index is -0.234. The molecule has 1 rings (SSSR count). The van der Waals surface area contributed by atoms with Crippen molar-refractivity contribution in [3.05, 3.63) is 29.8 Å². The molecule has 0 fully saturated rings. The Morgan fingerprint density at radius 1 is 1.18 bits per heavy atom. The van der Waals surface area contributed by atoms with E-state index in [4.69, 9.17) is 5.73 Å². The van der Waals surface area contributed by atoms with Gasteiger partial charge in [0, 0.05) is 24.8 Å². The lowest BCUT2D eigenvalue weighted by Crippen LogP contribution is -2.32. The van der Waals surface area contributed by atoms with E-state index in [2.05, 4.69) is 30.9 Å². The molecule has 0 aliphatic rings. The van der Waals surface area contributed by atoms with Crippen molar-refractivity contribution in [1.82, 2.24) is 4.90 Å². The molecule has 0 aromatic heterocycles. The van der Waals surface area contributed by atoms with Crippen LogP contribution >= 0.6 is 0 Å². The van der Waals surface area contributed by atoms with Gasteiger partial charge >= 0.3 is 0 Å². The maximum absolute atomic E-state index is 9.34. The van der Waals surface area contributed by atoms with Crippen LogP contribution in [0.25, 0.3) is 0 Å². The number of anilines is 1. The third-order valence-electron chi connectivity index (χ3n) is 2.93. The largest absolute Gasteiger partial charge is 0.399 e. The molecule has 3 N–H and O–H groups in total. The standard InChI is InChI=1S/C14H24N2O/c1-11(2)16(9-8-12(3)17)10-13-4-6-14(15)7-5-13/h4-7,11-12,17H,8-10,15H2,1-3H3. The van der Waals surface area contributed by atoms with Crippen molar-refractivity contribution in [1.29, 1.82) is 0 Å². The Bertz CT molecular complexity index is 319. The van der Waals surface area contributed by atoms with Crippen LogP contribution in [0.4, 0.5) is 5.69 Å². The molecule has 96 valence electrons. The molecule has 3 nitrogen and oxygen atoms in total. The summed E-state index contributed by atoms with van der Waals surface area (Å²) in [5.74, 6) is 0. The summed E-state index contributed by atoms with van der Waals surface area (Å²) in [4.78, 5) is 2.36. The number of aliphatic hydroxyl groups is 1. The van der Waals surface area contributed by atoms with Crippen LogP contribution in [0.2, 0.25) is 0 Å². The fourth-order valence-electron chi connectivity index (χ4n) is 1.73. The Balaban J connectivity index is 2.57. The number of nitrogens with zero attached hydrogens (tertiary/aromatic N) is 1. The maximum Gasteiger partial charge on any atom is 0.0524 e. The number of nitrogen functional groups attached to an aromatic ring is 1. The Labute approximate surface area is 104 Å². The summed E-state index contributed by atoms with van der Waals surface area (Å²) in [7, 11) is 0. The van der Waals surface area contributed by atoms with E-state index in [9.17, 15) is 5.11 Å². The summed E-state index contributed by atoms with van der Waals surface area (Å²) in [6.07, 6.45) is 0.579. The Morgan fingerprint density at radius 3 is 2.24 bits per heavy atom. The number of benzene rings is 1. The fourth-order valence-corrected chi connectivity index (χ4v) is 1.73. The van der Waals surface area contributed by atoms with Crippen molar-refractivity contribution in [3.63, 3.8) is 0 Å². The molecule has 0 bridgehead atoms. The summed E-state index contributed by atoms with van der Waals surface area (Å²) < 4.78 is 0. The molecule has 3 heteroatoms. The van der Waals surface area contributed by atoms with Gasteiger partial charge < -0.3 is 10.8 Å². The number of hydrogen-bond acceptors (Lipinski definition) is 3. The highest BCUT2D eigenvalue weighted by Crippen LogP contribution is 2.11. The van der Waals surface area contributed by atoms with Crippen molar-refractivity contribution in [2.24, 2.45) is 0 Å². The fraction of sp³-hybridized carbons (Fsp3) is 0.571. The zero-order valence-corrected chi connectivity index (χ0v) is 11.1. The lowest BCUT2D eigenvalue weighted by atomic mass is 10.1. The van der Waals surface area contributed by atoms with Gasteiger partial charge in [0.25, 0.3) is 0 Å². The molecule has 0 heterocycles. The predicted octanol–water partition coefficient (Wildman–Crippen LogP) is 2.25. The Kier molecular flexibility index (Phi) is 5.45. The average molecular weight is 236 g/mol. The monoisotopic (exact) mass is 236 g/mol. The molecule has 0 amide bonds. The normalized spacial score (nSPS) is 13.3. The van der Waals surface area contributed by atoms with Crippen LogP contribution in [0, 0.1) is 0 Å². The van der Waals surface area contributed by atoms with E-state index in [0.717, 1.165) is 25.2 Å². The van der Waals surface area contributed by atoms with E-state index in [-0.39, 0.29) is 6.10 Å². The van der Waals surface area contributed by atoms with Crippen molar-refractivity contribution >= 4 is 5.69 Å². The summed E-state index contributed by atoms with van der Waals surface area (Å²) >= 11 is 0. The van der Waals surface area contributed by atoms with Gasteiger partial charge in [-0.25, -0.2) is 0 Å². The van der Waals surface area contributed by atoms with E-state index in [1.54, 1.807) is 0 Å². The molecule has 1 atom stereocenters. The molecular formula is C14H24N2O. The van der Waals surface area contributed by atoms with Gasteiger partial charge in [0.1, 0.15) is 0 Å². The smallest absolute Gasteiger partial charge is 0.0524 e. The first-order valence-corrected chi connectivity index (χ1v) is 6.25. The van der Waals surface area contributed by atoms with Gasteiger partial charge in [-0.1, -0.05) is 12.1 Å². The first-order valence-electron chi connectivity index (χ1n) is 6.25. The van der Waals surface area contributed by atoms with Gasteiger partial charge in [-0.05, 0) is 44.9 Å². The van der Waals surface area contributed by atoms with E-state index in [0.29, 0.717) is 6.04 Å². The predicted molar refractivity (Wildman–Crippen MR) is 72.7 cm³/mol. The SMILES string of the molecule is CC(O)CCN(Cc1ccc(N)cc1)C(C)C. The number of aliphatic hydroxyl groups excluding tert-OH is 1. The third kappa shape index (κ3) is 5.20. The van der Waals surface area contributed by atoms with Gasteiger partial charge in [0.15, 0.2) is 0 Å². The van der Waals surface area contributed by atoms with Crippen molar-refractivity contribution in [3.8, 4) is 0 Å². The number of hydrogen-bond donors (Lipinski definition) is 2. The van der Waals surface area contributed by atoms with Gasteiger partial charge in [0.2, 0.25) is 0 Å². The second-order valence-electron chi connectivity index (χ2n) is 4.94. The van der Waals surface area contributed by atoms with Crippen LogP contribution in [0.5, 0.6) is 0 Å². The van der Waals surface area contributed by atoms with Gasteiger partial charge in [0.05, 0.1) is 6.10 Å². The topological polar surface area (TPSA) is 49.5 Å². The minimum Gasteiger partial charge on any atom is -0.399 e. The lowest BCUT2D eigenvalue weighted by Gasteiger charge is -2.27. The molecular weight excluding hydrogens is 212 g/mol. The first kappa shape index (κ1) is 14.0. The maximum atomic E-state index is 9.34. The van der Waals surface area contributed by atoms with E-state index >= 15 is 0 Å². The molecule has 17 heavy (non-hydrogen) atoms. The third-order valence-corrected chi connectivity index (χ3v) is 2.93. The van der Waals surface area contributed by atoms with Crippen LogP contribution in [0.3, 0.4) is 0 Å². The van der Waals surface area contributed by atoms with Gasteiger partial charge in [-0.15, -0.1) is 0 Å². The highest BCUT2D eigenvalue weighted by Gasteiger charge is 2.10. The van der Waals surface area contributed by atoms with Crippen LogP contribution in [0.1, 0.15) is 32.8 Å². The van der Waals surface area contributed by atoms with Crippen molar-refractivity contribution in [2.45, 2.75) is 45.9 Å². The van der Waals surface area contributed by atoms with Crippen molar-refractivity contribution in [2.75, 3.05) is 12.3 Å². The average Bonchev–Trinajstić information content (AvgIpc) is 2.26. The molecule has 0 aliphatic heterocycles. The Morgan fingerprint density at radius 2 is 1.76 bits per heavy atom. The second kappa shape index (κ2) is 6.62. The van der Waals surface area contributed by atoms with Gasteiger partial charge in [-0.3, -0.25) is 4.90 Å². The molecule has 0 spiro atoms. The highest BCUT2D eigenvalue weighted by atomic mass is 16.3. The van der Waals surface area contributed by atoms with Gasteiger partial charge in [-0.2, -0.15) is 0 Å². The highest BCUT2D eigenvalue weighted by molar-refractivity contribution is 5.39. The Hall–Kier alpha value is -1.06. The number of rotatable bonds is 6.